The molecular weight excluding hydrogens is 132 g/mol. The Bertz CT molecular complexity index is 155. The highest BCUT2D eigenvalue weighted by molar-refractivity contribution is 5.08. The van der Waals surface area contributed by atoms with Crippen molar-refractivity contribution < 1.29 is 0 Å². The van der Waals surface area contributed by atoms with Gasteiger partial charge in [-0.1, -0.05) is 27.2 Å². The van der Waals surface area contributed by atoms with Crippen molar-refractivity contribution in [2.45, 2.75) is 46.5 Å². The van der Waals surface area contributed by atoms with Gasteiger partial charge in [0.25, 0.3) is 0 Å². The van der Waals surface area contributed by atoms with E-state index < -0.39 is 0 Å². The third kappa shape index (κ3) is 0.816. The molecule has 0 radical (unpaired) electrons. The Balaban J connectivity index is 1.97. The summed E-state index contributed by atoms with van der Waals surface area (Å²) >= 11 is 0. The van der Waals surface area contributed by atoms with E-state index in [1.54, 1.807) is 6.42 Å². The molecule has 2 rings (SSSR count). The predicted molar refractivity (Wildman–Crippen MR) is 48.4 cm³/mol. The Morgan fingerprint density at radius 3 is 2.45 bits per heavy atom. The molecule has 0 nitrogen and oxygen atoms in total. The highest BCUT2D eigenvalue weighted by Gasteiger charge is 2.58. The van der Waals surface area contributed by atoms with Crippen molar-refractivity contribution in [1.29, 1.82) is 0 Å². The van der Waals surface area contributed by atoms with E-state index >= 15 is 0 Å². The maximum atomic E-state index is 2.39. The van der Waals surface area contributed by atoms with Crippen LogP contribution in [0.1, 0.15) is 46.5 Å². The van der Waals surface area contributed by atoms with Crippen LogP contribution in [0, 0.1) is 23.2 Å². The van der Waals surface area contributed by atoms with Crippen LogP contribution in [-0.4, -0.2) is 0 Å². The van der Waals surface area contributed by atoms with Gasteiger partial charge in [-0.25, -0.2) is 0 Å². The molecule has 64 valence electrons. The first kappa shape index (κ1) is 7.64. The zero-order chi connectivity index (χ0) is 8.06. The second-order valence-electron chi connectivity index (χ2n) is 4.97. The fraction of sp³-hybridized carbons (Fsp3) is 1.00. The van der Waals surface area contributed by atoms with Gasteiger partial charge in [0.2, 0.25) is 0 Å². The zero-order valence-corrected chi connectivity index (χ0v) is 8.06. The average Bonchev–Trinajstić information content (AvgIpc) is 1.94. The van der Waals surface area contributed by atoms with Crippen molar-refractivity contribution in [3.05, 3.63) is 0 Å². The molecule has 0 heteroatoms. The van der Waals surface area contributed by atoms with E-state index in [0.29, 0.717) is 0 Å². The molecule has 2 saturated carbocycles. The number of rotatable bonds is 2. The minimum Gasteiger partial charge on any atom is -0.0648 e. The van der Waals surface area contributed by atoms with Gasteiger partial charge in [0.05, 0.1) is 0 Å². The van der Waals surface area contributed by atoms with Gasteiger partial charge < -0.3 is 0 Å². The monoisotopic (exact) mass is 152 g/mol. The Kier molecular flexibility index (Phi) is 1.56. The van der Waals surface area contributed by atoms with E-state index in [4.69, 9.17) is 0 Å². The minimum absolute atomic E-state index is 0.856. The minimum atomic E-state index is 0.856. The fourth-order valence-corrected chi connectivity index (χ4v) is 3.38. The Hall–Kier alpha value is 0. The summed E-state index contributed by atoms with van der Waals surface area (Å²) in [5, 5.41) is 0. The molecular formula is C11H20. The third-order valence-corrected chi connectivity index (χ3v) is 4.46. The van der Waals surface area contributed by atoms with Crippen LogP contribution in [0.25, 0.3) is 0 Å². The molecule has 0 aromatic rings. The lowest BCUT2D eigenvalue weighted by Crippen LogP contribution is -2.56. The van der Waals surface area contributed by atoms with Crippen LogP contribution in [0.2, 0.25) is 0 Å². The van der Waals surface area contributed by atoms with E-state index in [9.17, 15) is 0 Å². The van der Waals surface area contributed by atoms with Gasteiger partial charge in [-0.15, -0.1) is 0 Å². The van der Waals surface area contributed by atoms with E-state index in [0.717, 1.165) is 23.2 Å². The molecule has 2 aliphatic carbocycles. The van der Waals surface area contributed by atoms with Gasteiger partial charge in [0.15, 0.2) is 0 Å². The van der Waals surface area contributed by atoms with E-state index in [1.807, 2.05) is 0 Å². The smallest absolute Gasteiger partial charge is 0.0266 e. The molecule has 0 amide bonds. The van der Waals surface area contributed by atoms with Gasteiger partial charge in [0, 0.05) is 0 Å². The molecule has 0 aromatic carbocycles. The molecule has 2 aliphatic rings. The Morgan fingerprint density at radius 2 is 2.18 bits per heavy atom. The van der Waals surface area contributed by atoms with Crippen LogP contribution in [0.4, 0.5) is 0 Å². The van der Waals surface area contributed by atoms with Crippen LogP contribution < -0.4 is 0 Å². The first-order valence-electron chi connectivity index (χ1n) is 5.19. The summed E-state index contributed by atoms with van der Waals surface area (Å²) in [7, 11) is 0. The van der Waals surface area contributed by atoms with Gasteiger partial charge >= 0.3 is 0 Å². The molecule has 2 fully saturated rings. The van der Waals surface area contributed by atoms with Gasteiger partial charge in [-0.3, -0.25) is 0 Å². The molecule has 0 saturated heterocycles. The van der Waals surface area contributed by atoms with Crippen molar-refractivity contribution in [2.75, 3.05) is 0 Å². The predicted octanol–water partition coefficient (Wildman–Crippen LogP) is 3.47. The number of fused-ring (bicyclic) bond motifs is 1. The first-order chi connectivity index (χ1) is 5.19. The van der Waals surface area contributed by atoms with Crippen molar-refractivity contribution in [2.24, 2.45) is 23.2 Å². The largest absolute Gasteiger partial charge is 0.0648 e. The summed E-state index contributed by atoms with van der Waals surface area (Å²) in [6.45, 7) is 7.16. The second-order valence-corrected chi connectivity index (χ2v) is 4.97. The Labute approximate surface area is 70.4 Å². The molecule has 3 unspecified atom stereocenters. The van der Waals surface area contributed by atoms with Crippen molar-refractivity contribution in [3.8, 4) is 0 Å². The van der Waals surface area contributed by atoms with Gasteiger partial charge in [-0.2, -0.15) is 0 Å². The lowest BCUT2D eigenvalue weighted by Gasteiger charge is -2.65. The average molecular weight is 152 g/mol. The standard InChI is InChI=1S/C11H20/c1-4-11-6-5-10(11)9(7-11)8(2)3/h8-10H,4-7H2,1-3H3. The molecule has 0 aliphatic heterocycles. The second kappa shape index (κ2) is 2.24. The molecule has 0 heterocycles. The SMILES string of the molecule is CCC12CCC1C(C(C)C)C2. The van der Waals surface area contributed by atoms with E-state index in [1.165, 1.54) is 19.3 Å². The quantitative estimate of drug-likeness (QED) is 0.568. The first-order valence-corrected chi connectivity index (χ1v) is 5.19. The van der Waals surface area contributed by atoms with Crippen molar-refractivity contribution in [3.63, 3.8) is 0 Å². The summed E-state index contributed by atoms with van der Waals surface area (Å²) in [6.07, 6.45) is 6.07. The van der Waals surface area contributed by atoms with E-state index in [-0.39, 0.29) is 0 Å². The topological polar surface area (TPSA) is 0 Å². The highest BCUT2D eigenvalue weighted by Crippen LogP contribution is 2.67. The summed E-state index contributed by atoms with van der Waals surface area (Å²) in [5.41, 5.74) is 0.856. The maximum Gasteiger partial charge on any atom is -0.0266 e. The number of hydrogen-bond acceptors (Lipinski definition) is 0. The maximum absolute atomic E-state index is 2.39. The summed E-state index contributed by atoms with van der Waals surface area (Å²) in [6, 6.07) is 0. The normalized spacial score (nSPS) is 48.0. The van der Waals surface area contributed by atoms with Crippen LogP contribution >= 0.6 is 0 Å². The number of hydrogen-bond donors (Lipinski definition) is 0. The highest BCUT2D eigenvalue weighted by atomic mass is 14.6. The fourth-order valence-electron chi connectivity index (χ4n) is 3.38. The Morgan fingerprint density at radius 1 is 1.45 bits per heavy atom. The van der Waals surface area contributed by atoms with Crippen LogP contribution in [0.3, 0.4) is 0 Å². The van der Waals surface area contributed by atoms with E-state index in [2.05, 4.69) is 20.8 Å². The lowest BCUT2D eigenvalue weighted by atomic mass is 9.40. The third-order valence-electron chi connectivity index (χ3n) is 4.46. The van der Waals surface area contributed by atoms with Gasteiger partial charge in [0.1, 0.15) is 0 Å². The molecule has 11 heavy (non-hydrogen) atoms. The van der Waals surface area contributed by atoms with Crippen molar-refractivity contribution >= 4 is 0 Å². The van der Waals surface area contributed by atoms with Crippen LogP contribution in [0.15, 0.2) is 0 Å². The van der Waals surface area contributed by atoms with Crippen LogP contribution in [-0.2, 0) is 0 Å². The van der Waals surface area contributed by atoms with Gasteiger partial charge in [-0.05, 0) is 42.4 Å². The summed E-state index contributed by atoms with van der Waals surface area (Å²) in [4.78, 5) is 0. The molecule has 0 spiro atoms. The molecule has 3 atom stereocenters. The lowest BCUT2D eigenvalue weighted by molar-refractivity contribution is -0.153. The molecule has 0 bridgehead atoms. The molecule has 0 aromatic heterocycles. The summed E-state index contributed by atoms with van der Waals surface area (Å²) < 4.78 is 0. The van der Waals surface area contributed by atoms with Crippen LogP contribution in [0.5, 0.6) is 0 Å². The van der Waals surface area contributed by atoms with Crippen molar-refractivity contribution in [1.82, 2.24) is 0 Å². The molecule has 0 N–H and O–H groups in total. The zero-order valence-electron chi connectivity index (χ0n) is 8.06. The summed E-state index contributed by atoms with van der Waals surface area (Å²) in [5.74, 6) is 3.16.